The quantitative estimate of drug-likeness (QED) is 0.227. The molecule has 3 unspecified atom stereocenters. The molecule has 8 nitrogen and oxygen atoms in total. The number of aliphatic carboxylic acids is 2. The SMILES string of the molecule is CC(CN(C)C)CN1c2ccccc2Sc2ccccc21.CC1=CCCC(C)=CCC(C)(C)C=CC1.O=C(O)C(O)C(O)C(=O)O. The molecule has 2 aromatic carbocycles. The highest BCUT2D eigenvalue weighted by atomic mass is 32.2. The molecule has 2 aliphatic rings. The zero-order chi connectivity index (χ0) is 34.4. The zero-order valence-corrected chi connectivity index (χ0v) is 29.1. The van der Waals surface area contributed by atoms with Crippen molar-refractivity contribution in [2.75, 3.05) is 32.1 Å². The maximum Gasteiger partial charge on any atom is 0.335 e. The van der Waals surface area contributed by atoms with E-state index in [2.05, 4.69) is 131 Å². The normalized spacial score (nSPS) is 17.6. The second kappa shape index (κ2) is 18.7. The van der Waals surface area contributed by atoms with E-state index in [1.54, 1.807) is 0 Å². The molecule has 0 amide bonds. The van der Waals surface area contributed by atoms with Crippen molar-refractivity contribution in [1.82, 2.24) is 4.90 Å². The summed E-state index contributed by atoms with van der Waals surface area (Å²) >= 11 is 1.88. The van der Waals surface area contributed by atoms with Crippen LogP contribution in [0.4, 0.5) is 11.4 Å². The van der Waals surface area contributed by atoms with Crippen molar-refractivity contribution < 1.29 is 30.0 Å². The van der Waals surface area contributed by atoms with E-state index in [1.807, 2.05) is 11.8 Å². The minimum absolute atomic E-state index is 0.311. The van der Waals surface area contributed by atoms with Gasteiger partial charge in [0.05, 0.1) is 11.4 Å². The van der Waals surface area contributed by atoms with E-state index in [0.717, 1.165) is 25.9 Å². The van der Waals surface area contributed by atoms with Crippen LogP contribution in [0.3, 0.4) is 0 Å². The monoisotopic (exact) mass is 652 g/mol. The van der Waals surface area contributed by atoms with Crippen molar-refractivity contribution in [3.63, 3.8) is 0 Å². The maximum absolute atomic E-state index is 9.77. The van der Waals surface area contributed by atoms with Crippen LogP contribution in [-0.4, -0.2) is 76.7 Å². The molecule has 1 heterocycles. The lowest BCUT2D eigenvalue weighted by Crippen LogP contribution is -2.39. The van der Waals surface area contributed by atoms with Crippen LogP contribution in [0, 0.1) is 11.3 Å². The number of carboxylic acid groups (broad SMARTS) is 2. The standard InChI is InChI=1S/C18H22N2S.C15H24.C4H6O6/c1-14(12-19(2)3)13-20-15-8-4-6-10-17(15)21-18-11-7-5-9-16(18)20;1-13-7-5-8-14(2)10-12-15(3,4)11-6-9-13;5-1(3(7)8)2(6)4(9)10/h4-11,14H,12-13H2,1-3H3;6-7,10-11H,5,8-9,12H2,1-4H3;1-2,5-6H,(H,7,8)(H,9,10). The van der Waals surface area contributed by atoms with Gasteiger partial charge in [-0.25, -0.2) is 9.59 Å². The molecule has 1 aliphatic carbocycles. The van der Waals surface area contributed by atoms with Crippen LogP contribution in [0.5, 0.6) is 0 Å². The summed E-state index contributed by atoms with van der Waals surface area (Å²) in [5.74, 6) is -2.92. The summed E-state index contributed by atoms with van der Waals surface area (Å²) in [6.45, 7) is 13.6. The van der Waals surface area contributed by atoms with Gasteiger partial charge in [-0.2, -0.15) is 0 Å². The van der Waals surface area contributed by atoms with Crippen molar-refractivity contribution in [3.8, 4) is 0 Å². The predicted molar refractivity (Wildman–Crippen MR) is 188 cm³/mol. The maximum atomic E-state index is 9.77. The molecule has 0 saturated heterocycles. The second-order valence-corrected chi connectivity index (χ2v) is 14.1. The summed E-state index contributed by atoms with van der Waals surface area (Å²) in [6.07, 6.45) is 9.61. The lowest BCUT2D eigenvalue weighted by Gasteiger charge is -2.35. The Hall–Kier alpha value is -3.37. The Labute approximate surface area is 279 Å². The van der Waals surface area contributed by atoms with Crippen LogP contribution in [0.2, 0.25) is 0 Å². The van der Waals surface area contributed by atoms with E-state index in [0.29, 0.717) is 11.3 Å². The molecule has 0 radical (unpaired) electrons. The number of nitrogens with zero attached hydrogens (tertiary/aromatic N) is 2. The fourth-order valence-corrected chi connectivity index (χ4v) is 6.14. The molecule has 0 aromatic heterocycles. The molecule has 9 heteroatoms. The van der Waals surface area contributed by atoms with Gasteiger partial charge in [0.1, 0.15) is 0 Å². The van der Waals surface area contributed by atoms with Crippen molar-refractivity contribution in [3.05, 3.63) is 84.0 Å². The molecule has 0 saturated carbocycles. The molecule has 4 rings (SSSR count). The predicted octanol–water partition coefficient (Wildman–Crippen LogP) is 7.40. The molecule has 0 spiro atoms. The van der Waals surface area contributed by atoms with E-state index >= 15 is 0 Å². The number of anilines is 2. The van der Waals surface area contributed by atoms with Crippen LogP contribution in [0.25, 0.3) is 0 Å². The molecule has 4 N–H and O–H groups in total. The van der Waals surface area contributed by atoms with E-state index < -0.39 is 24.1 Å². The Bertz CT molecular complexity index is 1320. The number of aliphatic hydroxyl groups is 2. The number of para-hydroxylation sites is 2. The molecule has 1 aliphatic heterocycles. The number of carbonyl (C=O) groups is 2. The molecule has 0 fully saturated rings. The van der Waals surface area contributed by atoms with Crippen molar-refractivity contribution in [2.24, 2.45) is 11.3 Å². The van der Waals surface area contributed by atoms with Gasteiger partial charge in [-0.3, -0.25) is 0 Å². The fraction of sp³-hybridized carbons (Fsp3) is 0.459. The minimum atomic E-state index is -2.27. The number of hydrogen-bond acceptors (Lipinski definition) is 7. The van der Waals surface area contributed by atoms with Gasteiger partial charge in [0.2, 0.25) is 0 Å². The third-order valence-corrected chi connectivity index (χ3v) is 8.66. The van der Waals surface area contributed by atoms with Gasteiger partial charge in [0, 0.05) is 22.9 Å². The topological polar surface area (TPSA) is 122 Å². The summed E-state index contributed by atoms with van der Waals surface area (Å²) in [7, 11) is 4.29. The Morgan fingerprint density at radius 1 is 0.891 bits per heavy atom. The Balaban J connectivity index is 0.000000259. The van der Waals surface area contributed by atoms with Gasteiger partial charge >= 0.3 is 11.9 Å². The highest BCUT2D eigenvalue weighted by molar-refractivity contribution is 7.99. The average molecular weight is 653 g/mol. The summed E-state index contributed by atoms with van der Waals surface area (Å²) < 4.78 is 0. The van der Waals surface area contributed by atoms with Crippen molar-refractivity contribution in [2.45, 2.75) is 82.3 Å². The smallest absolute Gasteiger partial charge is 0.335 e. The third-order valence-electron chi connectivity index (χ3n) is 7.53. The fourth-order valence-electron chi connectivity index (χ4n) is 5.04. The number of aliphatic hydroxyl groups excluding tert-OH is 2. The molecule has 46 heavy (non-hydrogen) atoms. The molecular weight excluding hydrogens is 600 g/mol. The van der Waals surface area contributed by atoms with E-state index in [4.69, 9.17) is 20.4 Å². The number of benzene rings is 2. The van der Waals surface area contributed by atoms with Gasteiger partial charge in [0.15, 0.2) is 12.2 Å². The highest BCUT2D eigenvalue weighted by Crippen LogP contribution is 2.48. The molecule has 0 bridgehead atoms. The first-order valence-corrected chi connectivity index (χ1v) is 16.5. The largest absolute Gasteiger partial charge is 0.479 e. The first kappa shape index (κ1) is 38.8. The van der Waals surface area contributed by atoms with Crippen molar-refractivity contribution in [1.29, 1.82) is 0 Å². The first-order valence-electron chi connectivity index (χ1n) is 15.7. The Morgan fingerprint density at radius 2 is 1.41 bits per heavy atom. The number of carboxylic acids is 2. The number of allylic oxidation sites excluding steroid dienone is 6. The summed E-state index contributed by atoms with van der Waals surface area (Å²) in [6, 6.07) is 17.4. The highest BCUT2D eigenvalue weighted by Gasteiger charge is 2.29. The zero-order valence-electron chi connectivity index (χ0n) is 28.3. The van der Waals surface area contributed by atoms with Gasteiger partial charge in [-0.15, -0.1) is 0 Å². The number of rotatable bonds is 7. The molecule has 2 aromatic rings. The van der Waals surface area contributed by atoms with E-state index in [9.17, 15) is 9.59 Å². The molecule has 252 valence electrons. The summed E-state index contributed by atoms with van der Waals surface area (Å²) in [5, 5.41) is 32.5. The number of fused-ring (bicyclic) bond motifs is 2. The van der Waals surface area contributed by atoms with Gasteiger partial charge < -0.3 is 30.2 Å². The lowest BCUT2D eigenvalue weighted by molar-refractivity contribution is -0.165. The number of hydrogen-bond donors (Lipinski definition) is 4. The second-order valence-electron chi connectivity index (χ2n) is 13.0. The van der Waals surface area contributed by atoms with Gasteiger partial charge in [-0.05, 0) is 89.2 Å². The van der Waals surface area contributed by atoms with Crippen molar-refractivity contribution >= 4 is 35.1 Å². The summed E-state index contributed by atoms with van der Waals surface area (Å²) in [4.78, 5) is 27.0. The lowest BCUT2D eigenvalue weighted by atomic mass is 9.87. The minimum Gasteiger partial charge on any atom is -0.479 e. The van der Waals surface area contributed by atoms with Gasteiger partial charge in [-0.1, -0.05) is 92.2 Å². The van der Waals surface area contributed by atoms with Crippen LogP contribution >= 0.6 is 11.8 Å². The summed E-state index contributed by atoms with van der Waals surface area (Å²) in [5.41, 5.74) is 6.02. The van der Waals surface area contributed by atoms with E-state index in [1.165, 1.54) is 45.2 Å². The first-order chi connectivity index (χ1) is 21.6. The Kier molecular flexibility index (Phi) is 15.8. The van der Waals surface area contributed by atoms with Crippen LogP contribution in [0.1, 0.15) is 60.3 Å². The van der Waals surface area contributed by atoms with Crippen LogP contribution in [-0.2, 0) is 9.59 Å². The molecule has 3 atom stereocenters. The Morgan fingerprint density at radius 3 is 1.91 bits per heavy atom. The van der Waals surface area contributed by atoms with E-state index in [-0.39, 0.29) is 0 Å². The molecular formula is C37H52N2O6S. The van der Waals surface area contributed by atoms with Gasteiger partial charge in [0.25, 0.3) is 0 Å². The van der Waals surface area contributed by atoms with Crippen LogP contribution in [0.15, 0.2) is 93.8 Å². The average Bonchev–Trinajstić information content (AvgIpc) is 3.01. The van der Waals surface area contributed by atoms with Crippen LogP contribution < -0.4 is 4.90 Å². The third kappa shape index (κ3) is 13.2.